The van der Waals surface area contributed by atoms with Crippen LogP contribution in [0.25, 0.3) is 0 Å². The Balaban J connectivity index is 2.09. The molecule has 1 fully saturated rings. The molecule has 1 aromatic heterocycles. The van der Waals surface area contributed by atoms with Crippen molar-refractivity contribution in [2.45, 2.75) is 26.3 Å². The molecule has 1 aromatic rings. The zero-order chi connectivity index (χ0) is 11.5. The summed E-state index contributed by atoms with van der Waals surface area (Å²) in [6.07, 6.45) is 2.69. The van der Waals surface area contributed by atoms with Gasteiger partial charge in [0.1, 0.15) is 4.88 Å². The van der Waals surface area contributed by atoms with Crippen molar-refractivity contribution in [3.8, 4) is 0 Å². The number of carbonyl (C=O) groups is 1. The summed E-state index contributed by atoms with van der Waals surface area (Å²) in [5.74, 6) is 0.138. The number of aromatic nitrogens is 1. The molecule has 0 saturated carbocycles. The zero-order valence-electron chi connectivity index (χ0n) is 9.69. The molecule has 88 valence electrons. The first-order valence-corrected chi connectivity index (χ1v) is 6.48. The number of thiazole rings is 1. The molecule has 2 rings (SSSR count). The van der Waals surface area contributed by atoms with Gasteiger partial charge in [0, 0.05) is 19.6 Å². The van der Waals surface area contributed by atoms with Crippen molar-refractivity contribution in [3.05, 3.63) is 16.1 Å². The summed E-state index contributed by atoms with van der Waals surface area (Å²) in [6, 6.07) is 0.370. The third-order valence-corrected chi connectivity index (χ3v) is 3.66. The number of hydrogen-bond donors (Lipinski definition) is 1. The minimum atomic E-state index is 0.138. The van der Waals surface area contributed by atoms with Gasteiger partial charge < -0.3 is 10.2 Å². The Morgan fingerprint density at radius 3 is 2.88 bits per heavy atom. The molecular formula is C11H17N3OS. The molecule has 1 aliphatic rings. The van der Waals surface area contributed by atoms with Crippen LogP contribution in [-0.2, 0) is 0 Å². The van der Waals surface area contributed by atoms with E-state index in [1.54, 1.807) is 6.20 Å². The van der Waals surface area contributed by atoms with Crippen molar-refractivity contribution in [2.24, 2.45) is 0 Å². The van der Waals surface area contributed by atoms with Crippen LogP contribution in [0, 0.1) is 6.92 Å². The normalized spacial score (nSPS) is 15.9. The van der Waals surface area contributed by atoms with Crippen LogP contribution in [0.15, 0.2) is 6.20 Å². The lowest BCUT2D eigenvalue weighted by Crippen LogP contribution is -2.58. The summed E-state index contributed by atoms with van der Waals surface area (Å²) in [5, 5.41) is 4.16. The number of hydrogen-bond acceptors (Lipinski definition) is 4. The first-order chi connectivity index (χ1) is 7.72. The molecule has 1 saturated heterocycles. The predicted molar refractivity (Wildman–Crippen MR) is 64.8 cm³/mol. The zero-order valence-corrected chi connectivity index (χ0v) is 10.5. The van der Waals surface area contributed by atoms with E-state index in [1.165, 1.54) is 11.3 Å². The first kappa shape index (κ1) is 11.5. The quantitative estimate of drug-likeness (QED) is 0.861. The molecule has 5 heteroatoms. The standard InChI is InChI=1S/C11H17N3OS/c1-3-4-14(9-5-12-6-9)11(15)10-7-13-8(2)16-10/h7,9,12H,3-6H2,1-2H3. The maximum absolute atomic E-state index is 12.3. The van der Waals surface area contributed by atoms with Gasteiger partial charge in [0.15, 0.2) is 0 Å². The van der Waals surface area contributed by atoms with Crippen LogP contribution in [-0.4, -0.2) is 41.5 Å². The third kappa shape index (κ3) is 2.25. The van der Waals surface area contributed by atoms with Crippen molar-refractivity contribution in [1.82, 2.24) is 15.2 Å². The van der Waals surface area contributed by atoms with Crippen molar-refractivity contribution in [3.63, 3.8) is 0 Å². The molecule has 0 bridgehead atoms. The van der Waals surface area contributed by atoms with Gasteiger partial charge in [0.25, 0.3) is 5.91 Å². The molecule has 1 amide bonds. The van der Waals surface area contributed by atoms with E-state index >= 15 is 0 Å². The molecule has 16 heavy (non-hydrogen) atoms. The number of carbonyl (C=O) groups excluding carboxylic acids is 1. The lowest BCUT2D eigenvalue weighted by atomic mass is 10.1. The number of amides is 1. The summed E-state index contributed by atoms with van der Waals surface area (Å²) in [4.78, 5) is 19.1. The SMILES string of the molecule is CCCN(C(=O)c1cnc(C)s1)C1CNC1. The molecule has 2 heterocycles. The summed E-state index contributed by atoms with van der Waals surface area (Å²) in [7, 11) is 0. The van der Waals surface area contributed by atoms with Crippen LogP contribution in [0.3, 0.4) is 0 Å². The van der Waals surface area contributed by atoms with Crippen molar-refractivity contribution in [2.75, 3.05) is 19.6 Å². The highest BCUT2D eigenvalue weighted by atomic mass is 32.1. The smallest absolute Gasteiger partial charge is 0.265 e. The highest BCUT2D eigenvalue weighted by Crippen LogP contribution is 2.17. The van der Waals surface area contributed by atoms with E-state index in [2.05, 4.69) is 17.2 Å². The molecule has 1 N–H and O–H groups in total. The summed E-state index contributed by atoms with van der Waals surface area (Å²) < 4.78 is 0. The van der Waals surface area contributed by atoms with Crippen molar-refractivity contribution in [1.29, 1.82) is 0 Å². The fourth-order valence-corrected chi connectivity index (χ4v) is 2.52. The van der Waals surface area contributed by atoms with Crippen molar-refractivity contribution >= 4 is 17.2 Å². The lowest BCUT2D eigenvalue weighted by molar-refractivity contribution is 0.0620. The number of nitrogens with zero attached hydrogens (tertiary/aromatic N) is 2. The molecule has 0 unspecified atom stereocenters. The van der Waals surface area contributed by atoms with E-state index in [4.69, 9.17) is 0 Å². The van der Waals surface area contributed by atoms with Gasteiger partial charge >= 0.3 is 0 Å². The van der Waals surface area contributed by atoms with E-state index in [-0.39, 0.29) is 5.91 Å². The Morgan fingerprint density at radius 2 is 2.44 bits per heavy atom. The fourth-order valence-electron chi connectivity index (χ4n) is 1.79. The highest BCUT2D eigenvalue weighted by molar-refractivity contribution is 7.13. The maximum Gasteiger partial charge on any atom is 0.265 e. The van der Waals surface area contributed by atoms with E-state index < -0.39 is 0 Å². The summed E-state index contributed by atoms with van der Waals surface area (Å²) in [6.45, 7) is 6.70. The Morgan fingerprint density at radius 1 is 1.69 bits per heavy atom. The minimum Gasteiger partial charge on any atom is -0.332 e. The minimum absolute atomic E-state index is 0.138. The predicted octanol–water partition coefficient (Wildman–Crippen LogP) is 1.28. The van der Waals surface area contributed by atoms with E-state index in [0.29, 0.717) is 6.04 Å². The van der Waals surface area contributed by atoms with Gasteiger partial charge in [-0.15, -0.1) is 11.3 Å². The highest BCUT2D eigenvalue weighted by Gasteiger charge is 2.29. The monoisotopic (exact) mass is 239 g/mol. The second kappa shape index (κ2) is 4.93. The average Bonchev–Trinajstić information content (AvgIpc) is 2.60. The van der Waals surface area contributed by atoms with Crippen LogP contribution in [0.5, 0.6) is 0 Å². The van der Waals surface area contributed by atoms with Gasteiger partial charge in [-0.25, -0.2) is 4.98 Å². The Hall–Kier alpha value is -0.940. The van der Waals surface area contributed by atoms with Gasteiger partial charge in [-0.1, -0.05) is 6.92 Å². The third-order valence-electron chi connectivity index (χ3n) is 2.76. The maximum atomic E-state index is 12.3. The van der Waals surface area contributed by atoms with Gasteiger partial charge in [0.05, 0.1) is 17.2 Å². The number of rotatable bonds is 4. The Kier molecular flexibility index (Phi) is 3.56. The lowest BCUT2D eigenvalue weighted by Gasteiger charge is -2.37. The van der Waals surface area contributed by atoms with Crippen LogP contribution in [0.4, 0.5) is 0 Å². The van der Waals surface area contributed by atoms with E-state index in [0.717, 1.165) is 35.9 Å². The van der Waals surface area contributed by atoms with Crippen LogP contribution >= 0.6 is 11.3 Å². The van der Waals surface area contributed by atoms with E-state index in [1.807, 2.05) is 11.8 Å². The molecular weight excluding hydrogens is 222 g/mol. The van der Waals surface area contributed by atoms with E-state index in [9.17, 15) is 4.79 Å². The summed E-state index contributed by atoms with van der Waals surface area (Å²) >= 11 is 1.48. The average molecular weight is 239 g/mol. The second-order valence-electron chi connectivity index (χ2n) is 4.05. The second-order valence-corrected chi connectivity index (χ2v) is 5.29. The van der Waals surface area contributed by atoms with Gasteiger partial charge in [-0.2, -0.15) is 0 Å². The first-order valence-electron chi connectivity index (χ1n) is 5.66. The summed E-state index contributed by atoms with van der Waals surface area (Å²) in [5.41, 5.74) is 0. The van der Waals surface area contributed by atoms with Gasteiger partial charge in [-0.3, -0.25) is 4.79 Å². The topological polar surface area (TPSA) is 45.2 Å². The Bertz CT molecular complexity index is 373. The molecule has 0 spiro atoms. The molecule has 0 atom stereocenters. The number of aryl methyl sites for hydroxylation is 1. The van der Waals surface area contributed by atoms with Gasteiger partial charge in [0.2, 0.25) is 0 Å². The van der Waals surface area contributed by atoms with Crippen molar-refractivity contribution < 1.29 is 4.79 Å². The number of nitrogens with one attached hydrogen (secondary N) is 1. The van der Waals surface area contributed by atoms with Crippen LogP contribution in [0.1, 0.15) is 28.0 Å². The molecule has 0 aliphatic carbocycles. The van der Waals surface area contributed by atoms with Gasteiger partial charge in [-0.05, 0) is 13.3 Å². The fraction of sp³-hybridized carbons (Fsp3) is 0.636. The molecule has 1 aliphatic heterocycles. The molecule has 0 radical (unpaired) electrons. The molecule has 0 aromatic carbocycles. The largest absolute Gasteiger partial charge is 0.332 e. The van der Waals surface area contributed by atoms with Crippen LogP contribution in [0.2, 0.25) is 0 Å². The Labute approximate surface area is 99.7 Å². The van der Waals surface area contributed by atoms with Crippen LogP contribution < -0.4 is 5.32 Å². The molecule has 4 nitrogen and oxygen atoms in total.